The number of hydrogen-bond donors (Lipinski definition) is 0. The van der Waals surface area contributed by atoms with Gasteiger partial charge in [-0.2, -0.15) is 0 Å². The van der Waals surface area contributed by atoms with Gasteiger partial charge in [0, 0.05) is 6.07 Å². The molecule has 6 aromatic carbocycles. The summed E-state index contributed by atoms with van der Waals surface area (Å²) in [7, 11) is 1.51. The van der Waals surface area contributed by atoms with Gasteiger partial charge in [0.1, 0.15) is 34.8 Å². The number of para-hydroxylation sites is 1. The Morgan fingerprint density at radius 2 is 0.902 bits per heavy atom. The molecule has 0 atom stereocenters. The van der Waals surface area contributed by atoms with Crippen molar-refractivity contribution < 1.29 is 36.2 Å². The Morgan fingerprint density at radius 1 is 0.410 bits per heavy atom. The molecule has 0 amide bonds. The molecule has 8 heteroatoms. The van der Waals surface area contributed by atoms with Gasteiger partial charge in [-0.25, -0.2) is 22.0 Å². The summed E-state index contributed by atoms with van der Waals surface area (Å²) >= 11 is 0. The van der Waals surface area contributed by atoms with Crippen molar-refractivity contribution in [2.75, 3.05) is 7.11 Å². The molecule has 0 aliphatic rings. The third-order valence-corrected chi connectivity index (χ3v) is 7.96. The zero-order chi connectivity index (χ0) is 45.7. The highest BCUT2D eigenvalue weighted by atomic mass is 19.1. The molecule has 0 saturated heterocycles. The van der Waals surface area contributed by atoms with Crippen molar-refractivity contribution in [2.24, 2.45) is 5.92 Å². The van der Waals surface area contributed by atoms with Crippen molar-refractivity contribution in [1.82, 2.24) is 0 Å². The molecule has 0 aliphatic carbocycles. The minimum Gasteiger partial charge on any atom is -0.497 e. The van der Waals surface area contributed by atoms with Gasteiger partial charge >= 0.3 is 0 Å². The maximum Gasteiger partial charge on any atom is 0.165 e. The van der Waals surface area contributed by atoms with E-state index in [0.29, 0.717) is 29.1 Å². The van der Waals surface area contributed by atoms with Gasteiger partial charge in [0.15, 0.2) is 11.6 Å². The van der Waals surface area contributed by atoms with E-state index >= 15 is 0 Å². The van der Waals surface area contributed by atoms with Crippen LogP contribution in [0.2, 0.25) is 0 Å². The topological polar surface area (TPSA) is 27.7 Å². The SMILES string of the molecule is CC(C)Cc1ccccc1.CC(C)Oc1ccc(F)cc1.CC(C)Oc1ccccc1F.CC(C)c1ccc(F)cc1.CC(C)c1cccc(F)c1.COc1cccc(F)c1. The summed E-state index contributed by atoms with van der Waals surface area (Å²) in [6.45, 7) is 20.4. The van der Waals surface area contributed by atoms with Gasteiger partial charge in [0.25, 0.3) is 0 Å². The fourth-order valence-corrected chi connectivity index (χ4v) is 4.97. The fraction of sp³-hybridized carbons (Fsp3) is 0.321. The van der Waals surface area contributed by atoms with Crippen LogP contribution in [-0.4, -0.2) is 19.3 Å². The second kappa shape index (κ2) is 30.4. The average molecular weight is 845 g/mol. The van der Waals surface area contributed by atoms with Gasteiger partial charge in [-0.15, -0.1) is 0 Å². The minimum absolute atomic E-state index is 0.0203. The molecule has 0 bridgehead atoms. The van der Waals surface area contributed by atoms with E-state index in [0.717, 1.165) is 11.5 Å². The molecular weight excluding hydrogens is 780 g/mol. The molecule has 0 aliphatic heterocycles. The number of benzene rings is 6. The van der Waals surface area contributed by atoms with Crippen LogP contribution in [0.4, 0.5) is 22.0 Å². The Labute approximate surface area is 362 Å². The van der Waals surface area contributed by atoms with Crippen LogP contribution in [0.3, 0.4) is 0 Å². The monoisotopic (exact) mass is 844 g/mol. The fourth-order valence-electron chi connectivity index (χ4n) is 4.97. The van der Waals surface area contributed by atoms with Gasteiger partial charge in [-0.1, -0.05) is 114 Å². The highest BCUT2D eigenvalue weighted by molar-refractivity contribution is 5.25. The number of ether oxygens (including phenoxy) is 3. The largest absolute Gasteiger partial charge is 0.497 e. The molecule has 0 fully saturated rings. The predicted octanol–water partition coefficient (Wildman–Crippen LogP) is 15.8. The molecule has 61 heavy (non-hydrogen) atoms. The lowest BCUT2D eigenvalue weighted by Gasteiger charge is -2.09. The van der Waals surface area contributed by atoms with Gasteiger partial charge in [0.05, 0.1) is 19.3 Å². The second-order valence-corrected chi connectivity index (χ2v) is 15.4. The van der Waals surface area contributed by atoms with Crippen molar-refractivity contribution in [3.63, 3.8) is 0 Å². The first-order valence-electron chi connectivity index (χ1n) is 20.6. The van der Waals surface area contributed by atoms with Crippen LogP contribution in [0, 0.1) is 35.0 Å². The van der Waals surface area contributed by atoms with Crippen LogP contribution in [0.25, 0.3) is 0 Å². The molecule has 6 rings (SSSR count). The first-order chi connectivity index (χ1) is 28.9. The molecule has 3 nitrogen and oxygen atoms in total. The Hall–Kier alpha value is -5.63. The minimum atomic E-state index is -0.304. The van der Waals surface area contributed by atoms with E-state index in [-0.39, 0.29) is 41.3 Å². The van der Waals surface area contributed by atoms with Crippen molar-refractivity contribution >= 4 is 0 Å². The molecule has 0 unspecified atom stereocenters. The summed E-state index contributed by atoms with van der Waals surface area (Å²) in [5, 5.41) is 0. The molecule has 0 spiro atoms. The summed E-state index contributed by atoms with van der Waals surface area (Å²) in [5.74, 6) is 2.13. The molecule has 0 saturated carbocycles. The normalized spacial score (nSPS) is 10.1. The first kappa shape index (κ1) is 53.4. The van der Waals surface area contributed by atoms with Gasteiger partial charge in [-0.05, 0) is 141 Å². The molecule has 0 N–H and O–H groups in total. The quantitative estimate of drug-likeness (QED) is 0.136. The highest BCUT2D eigenvalue weighted by Crippen LogP contribution is 2.17. The molecule has 0 heterocycles. The number of hydrogen-bond acceptors (Lipinski definition) is 3. The third-order valence-electron chi connectivity index (χ3n) is 7.96. The second-order valence-electron chi connectivity index (χ2n) is 15.4. The van der Waals surface area contributed by atoms with Crippen molar-refractivity contribution in [2.45, 2.75) is 99.7 Å². The van der Waals surface area contributed by atoms with Crippen LogP contribution in [-0.2, 0) is 6.42 Å². The van der Waals surface area contributed by atoms with Crippen LogP contribution in [0.15, 0.2) is 152 Å². The zero-order valence-corrected chi connectivity index (χ0v) is 37.6. The summed E-state index contributed by atoms with van der Waals surface area (Å²) in [6.07, 6.45) is 1.35. The van der Waals surface area contributed by atoms with Gasteiger partial charge < -0.3 is 14.2 Å². The van der Waals surface area contributed by atoms with E-state index in [2.05, 4.69) is 71.9 Å². The van der Waals surface area contributed by atoms with Crippen LogP contribution >= 0.6 is 0 Å². The highest BCUT2D eigenvalue weighted by Gasteiger charge is 2.03. The average Bonchev–Trinajstić information content (AvgIpc) is 3.21. The molecule has 330 valence electrons. The molecule has 6 aromatic rings. The maximum atomic E-state index is 12.8. The lowest BCUT2D eigenvalue weighted by atomic mass is 10.0. The van der Waals surface area contributed by atoms with E-state index < -0.39 is 0 Å². The number of halogens is 5. The Morgan fingerprint density at radius 3 is 1.33 bits per heavy atom. The Balaban J connectivity index is 0.000000366. The van der Waals surface area contributed by atoms with E-state index in [4.69, 9.17) is 14.2 Å². The zero-order valence-electron chi connectivity index (χ0n) is 37.6. The number of rotatable bonds is 9. The molecule has 0 radical (unpaired) electrons. The standard InChI is InChI=1S/C10H14.2C9H11FO.2C9H11F.C7H7FO/c1-9(2)8-10-6-4-3-5-7-10;1-7(2)11-9-5-3-8(10)4-6-9;1-7(2)11-9-6-4-3-5-8(9)10;1-7(2)8-3-5-9(10)6-4-8;1-7(2)8-4-3-5-9(10)6-8;1-9-7-4-2-3-6(8)5-7/h3-7,9H,8H2,1-2H3;2*3-7H,1-2H3;2*3-7H,1-2H3;2-5H,1H3. The first-order valence-corrected chi connectivity index (χ1v) is 20.6. The van der Waals surface area contributed by atoms with E-state index in [1.165, 1.54) is 73.2 Å². The Bertz CT molecular complexity index is 2000. The smallest absolute Gasteiger partial charge is 0.165 e. The van der Waals surface area contributed by atoms with Crippen LogP contribution < -0.4 is 14.2 Å². The van der Waals surface area contributed by atoms with Crippen LogP contribution in [0.1, 0.15) is 97.8 Å². The van der Waals surface area contributed by atoms with E-state index in [1.54, 1.807) is 54.6 Å². The molecule has 0 aromatic heterocycles. The predicted molar refractivity (Wildman–Crippen MR) is 243 cm³/mol. The summed E-state index contributed by atoms with van der Waals surface area (Å²) in [4.78, 5) is 0. The van der Waals surface area contributed by atoms with Gasteiger partial charge in [0.2, 0.25) is 0 Å². The lowest BCUT2D eigenvalue weighted by Crippen LogP contribution is -2.06. The summed E-state index contributed by atoms with van der Waals surface area (Å²) in [6, 6.07) is 42.4. The van der Waals surface area contributed by atoms with Crippen LogP contribution in [0.5, 0.6) is 17.2 Å². The van der Waals surface area contributed by atoms with E-state index in [1.807, 2.05) is 45.9 Å². The molecular formula is C53H65F5O3. The van der Waals surface area contributed by atoms with Crippen molar-refractivity contribution in [3.8, 4) is 17.2 Å². The summed E-state index contributed by atoms with van der Waals surface area (Å²) < 4.78 is 77.6. The van der Waals surface area contributed by atoms with Gasteiger partial charge in [-0.3, -0.25) is 0 Å². The Kier molecular flexibility index (Phi) is 26.6. The lowest BCUT2D eigenvalue weighted by molar-refractivity contribution is 0.231. The van der Waals surface area contributed by atoms with Crippen molar-refractivity contribution in [1.29, 1.82) is 0 Å². The maximum absolute atomic E-state index is 12.8. The van der Waals surface area contributed by atoms with E-state index in [9.17, 15) is 22.0 Å². The third kappa shape index (κ3) is 26.2. The van der Waals surface area contributed by atoms with Crippen molar-refractivity contribution in [3.05, 3.63) is 197 Å². The summed E-state index contributed by atoms with van der Waals surface area (Å²) in [5.41, 5.74) is 3.68. The number of methoxy groups -OCH3 is 1.